The Morgan fingerprint density at radius 1 is 0.786 bits per heavy atom. The van der Waals surface area contributed by atoms with Gasteiger partial charge in [0, 0.05) is 6.07 Å². The Labute approximate surface area is 167 Å². The lowest BCUT2D eigenvalue weighted by Crippen LogP contribution is -2.55. The lowest BCUT2D eigenvalue weighted by Gasteiger charge is -2.24. The highest BCUT2D eigenvalue weighted by atomic mass is 15.5. The molecule has 0 atom stereocenters. The molecule has 0 fully saturated rings. The molecule has 0 radical (unpaired) electrons. The zero-order chi connectivity index (χ0) is 19.7. The fourth-order valence-corrected chi connectivity index (χ4v) is 4.67. The molecule has 0 amide bonds. The van der Waals surface area contributed by atoms with Gasteiger partial charge in [0.25, 0.3) is 5.82 Å². The van der Waals surface area contributed by atoms with Crippen LogP contribution in [-0.4, -0.2) is 14.2 Å². The summed E-state index contributed by atoms with van der Waals surface area (Å²) in [4.78, 5) is 7.37. The number of rotatable bonds is 1. The Morgan fingerprint density at radius 3 is 2.25 bits per heavy atom. The quantitative estimate of drug-likeness (QED) is 0.464. The van der Waals surface area contributed by atoms with Gasteiger partial charge < -0.3 is 9.62 Å². The Hall–Kier alpha value is -2.95. The van der Waals surface area contributed by atoms with Crippen LogP contribution in [0.3, 0.4) is 0 Å². The van der Waals surface area contributed by atoms with Crippen LogP contribution in [0.15, 0.2) is 48.7 Å². The highest BCUT2D eigenvalue weighted by Gasteiger charge is 2.59. The van der Waals surface area contributed by atoms with Gasteiger partial charge in [-0.3, -0.25) is 0 Å². The van der Waals surface area contributed by atoms with E-state index in [1.165, 1.54) is 50.8 Å². The standard InChI is InChI=1S/C23H26BN4/c1-15-11-12-21-23(18(15)4)28(22-13-16(2)17(3)14-25(22)5)24-26(6)19-9-7-8-10-20(19)27(21)24/h7-14H,1-6H3/q+1. The Kier molecular flexibility index (Phi) is 3.54. The maximum absolute atomic E-state index is 2.50. The summed E-state index contributed by atoms with van der Waals surface area (Å²) in [6.45, 7) is 8.83. The minimum Gasteiger partial charge on any atom is -0.354 e. The van der Waals surface area contributed by atoms with Crippen LogP contribution in [0, 0.1) is 27.7 Å². The second-order valence-electron chi connectivity index (χ2n) is 8.17. The van der Waals surface area contributed by atoms with Crippen molar-refractivity contribution in [1.82, 2.24) is 0 Å². The monoisotopic (exact) mass is 369 g/mol. The summed E-state index contributed by atoms with van der Waals surface area (Å²) in [5, 5.41) is 0. The predicted octanol–water partition coefficient (Wildman–Crippen LogP) is 4.47. The minimum absolute atomic E-state index is 0.0983. The molecule has 0 aliphatic carbocycles. The highest BCUT2D eigenvalue weighted by molar-refractivity contribution is 6.78. The molecule has 2 aliphatic rings. The SMILES string of the molecule is Cc1cc(N2B3N(C)c4ccccc4N3c3ccc(C)c(C)c32)[n+](C)cc1C. The summed E-state index contributed by atoms with van der Waals surface area (Å²) in [7, 11) is 4.45. The first kappa shape index (κ1) is 17.2. The first-order valence-electron chi connectivity index (χ1n) is 9.87. The van der Waals surface area contributed by atoms with Gasteiger partial charge in [0.1, 0.15) is 5.69 Å². The van der Waals surface area contributed by atoms with E-state index in [0.717, 1.165) is 0 Å². The second kappa shape index (κ2) is 5.77. The first-order valence-corrected chi connectivity index (χ1v) is 9.87. The maximum Gasteiger partial charge on any atom is 0.638 e. The van der Waals surface area contributed by atoms with Crippen molar-refractivity contribution in [2.45, 2.75) is 27.7 Å². The van der Waals surface area contributed by atoms with Crippen molar-refractivity contribution >= 4 is 35.7 Å². The minimum atomic E-state index is 0.0983. The molecule has 2 aromatic carbocycles. The first-order chi connectivity index (χ1) is 13.4. The van der Waals surface area contributed by atoms with Crippen molar-refractivity contribution < 1.29 is 4.57 Å². The van der Waals surface area contributed by atoms with Gasteiger partial charge in [-0.15, -0.1) is 0 Å². The van der Waals surface area contributed by atoms with E-state index in [1.54, 1.807) is 0 Å². The number of hydrogen-bond acceptors (Lipinski definition) is 3. The molecule has 0 saturated carbocycles. The highest BCUT2D eigenvalue weighted by Crippen LogP contribution is 2.54. The van der Waals surface area contributed by atoms with Gasteiger partial charge in [-0.2, -0.15) is 0 Å². The zero-order valence-corrected chi connectivity index (χ0v) is 17.5. The zero-order valence-electron chi connectivity index (χ0n) is 17.5. The summed E-state index contributed by atoms with van der Waals surface area (Å²) >= 11 is 0. The average Bonchev–Trinajstić information content (AvgIpc) is 3.16. The molecule has 0 unspecified atom stereocenters. The molecule has 0 N–H and O–H groups in total. The lowest BCUT2D eigenvalue weighted by molar-refractivity contribution is -0.658. The molecular formula is C23H26BN4+. The Balaban J connectivity index is 1.82. The van der Waals surface area contributed by atoms with E-state index in [4.69, 9.17) is 0 Å². The van der Waals surface area contributed by atoms with E-state index >= 15 is 0 Å². The van der Waals surface area contributed by atoms with Crippen LogP contribution in [0.1, 0.15) is 22.3 Å². The molecular weight excluding hydrogens is 343 g/mol. The molecule has 0 spiro atoms. The van der Waals surface area contributed by atoms with Crippen molar-refractivity contribution in [2.24, 2.45) is 7.05 Å². The van der Waals surface area contributed by atoms with Crippen LogP contribution in [0.4, 0.5) is 28.6 Å². The summed E-state index contributed by atoms with van der Waals surface area (Å²) in [6, 6.07) is 15.5. The second-order valence-corrected chi connectivity index (χ2v) is 8.17. The van der Waals surface area contributed by atoms with E-state index in [9.17, 15) is 0 Å². The number of pyridine rings is 1. The Bertz CT molecular complexity index is 1120. The van der Waals surface area contributed by atoms with Crippen LogP contribution < -0.4 is 19.0 Å². The lowest BCUT2D eigenvalue weighted by atomic mass is 9.88. The van der Waals surface area contributed by atoms with E-state index in [-0.39, 0.29) is 7.12 Å². The van der Waals surface area contributed by atoms with Crippen molar-refractivity contribution in [3.8, 4) is 0 Å². The summed E-state index contributed by atoms with van der Waals surface area (Å²) < 4.78 is 2.26. The number of benzene rings is 2. The number of fused-ring (bicyclic) bond motifs is 5. The topological polar surface area (TPSA) is 13.6 Å². The molecule has 5 rings (SSSR count). The third kappa shape index (κ3) is 2.10. The van der Waals surface area contributed by atoms with Gasteiger partial charge in [-0.05, 0) is 75.2 Å². The summed E-state index contributed by atoms with van der Waals surface area (Å²) in [6.07, 6.45) is 2.24. The number of aromatic nitrogens is 1. The number of hydrogen-bond donors (Lipinski definition) is 0. The molecule has 5 heteroatoms. The van der Waals surface area contributed by atoms with Crippen molar-refractivity contribution in [3.05, 3.63) is 70.9 Å². The van der Waals surface area contributed by atoms with E-state index in [1.807, 2.05) is 0 Å². The normalized spacial score (nSPS) is 14.5. The maximum atomic E-state index is 2.50. The molecule has 28 heavy (non-hydrogen) atoms. The van der Waals surface area contributed by atoms with Gasteiger partial charge in [0.15, 0.2) is 0 Å². The van der Waals surface area contributed by atoms with Crippen LogP contribution >= 0.6 is 0 Å². The largest absolute Gasteiger partial charge is 0.638 e. The molecule has 4 nitrogen and oxygen atoms in total. The number of anilines is 5. The van der Waals surface area contributed by atoms with E-state index < -0.39 is 0 Å². The fourth-order valence-electron chi connectivity index (χ4n) is 4.67. The van der Waals surface area contributed by atoms with Crippen LogP contribution in [0.25, 0.3) is 0 Å². The third-order valence-electron chi connectivity index (χ3n) is 6.47. The number of aryl methyl sites for hydroxylation is 4. The number of nitrogens with zero attached hydrogens (tertiary/aromatic N) is 4. The molecule has 3 aromatic rings. The molecule has 1 aromatic heterocycles. The molecule has 140 valence electrons. The molecule has 3 heterocycles. The average molecular weight is 369 g/mol. The molecule has 0 saturated heterocycles. The van der Waals surface area contributed by atoms with Crippen molar-refractivity contribution in [1.29, 1.82) is 0 Å². The fraction of sp³-hybridized carbons (Fsp3) is 0.261. The van der Waals surface area contributed by atoms with Gasteiger partial charge >= 0.3 is 7.12 Å². The third-order valence-corrected chi connectivity index (χ3v) is 6.47. The van der Waals surface area contributed by atoms with E-state index in [2.05, 4.69) is 109 Å². The molecule has 0 bridgehead atoms. The van der Waals surface area contributed by atoms with Crippen LogP contribution in [0.2, 0.25) is 0 Å². The summed E-state index contributed by atoms with van der Waals surface area (Å²) in [5.74, 6) is 1.21. The number of para-hydroxylation sites is 2. The smallest absolute Gasteiger partial charge is 0.354 e. The van der Waals surface area contributed by atoms with E-state index in [0.29, 0.717) is 0 Å². The molecule has 2 aliphatic heterocycles. The van der Waals surface area contributed by atoms with Gasteiger partial charge in [0.05, 0.1) is 30.3 Å². The van der Waals surface area contributed by atoms with Gasteiger partial charge in [-0.1, -0.05) is 18.2 Å². The Morgan fingerprint density at radius 2 is 1.50 bits per heavy atom. The van der Waals surface area contributed by atoms with Crippen molar-refractivity contribution in [2.75, 3.05) is 21.5 Å². The van der Waals surface area contributed by atoms with Crippen LogP contribution in [-0.2, 0) is 7.05 Å². The van der Waals surface area contributed by atoms with Gasteiger partial charge in [-0.25, -0.2) is 9.38 Å². The van der Waals surface area contributed by atoms with Gasteiger partial charge in [0.2, 0.25) is 0 Å². The van der Waals surface area contributed by atoms with Crippen LogP contribution in [0.5, 0.6) is 0 Å². The van der Waals surface area contributed by atoms with Crippen molar-refractivity contribution in [3.63, 3.8) is 0 Å². The predicted molar refractivity (Wildman–Crippen MR) is 118 cm³/mol. The summed E-state index contributed by atoms with van der Waals surface area (Å²) in [5.41, 5.74) is 10.4.